The number of methoxy groups -OCH3 is 1. The van der Waals surface area contributed by atoms with E-state index < -0.39 is 5.97 Å². The maximum absolute atomic E-state index is 11.3. The van der Waals surface area contributed by atoms with Crippen LogP contribution in [0.2, 0.25) is 0 Å². The molecule has 0 fully saturated rings. The maximum atomic E-state index is 11.3. The van der Waals surface area contributed by atoms with E-state index in [0.29, 0.717) is 21.5 Å². The summed E-state index contributed by atoms with van der Waals surface area (Å²) < 4.78 is 15.7. The fourth-order valence-electron chi connectivity index (χ4n) is 1.48. The van der Waals surface area contributed by atoms with Gasteiger partial charge in [-0.2, -0.15) is 5.26 Å². The van der Waals surface area contributed by atoms with Gasteiger partial charge in [-0.1, -0.05) is 0 Å². The highest BCUT2D eigenvalue weighted by atomic mass is 79.9. The lowest BCUT2D eigenvalue weighted by Crippen LogP contribution is -2.02. The molecule has 1 aromatic carbocycles. The van der Waals surface area contributed by atoms with Crippen LogP contribution in [-0.2, 0) is 9.53 Å². The van der Waals surface area contributed by atoms with Crippen LogP contribution < -0.4 is 9.47 Å². The van der Waals surface area contributed by atoms with E-state index in [0.717, 1.165) is 0 Å². The number of fused-ring (bicyclic) bond motifs is 1. The highest BCUT2D eigenvalue weighted by Crippen LogP contribution is 2.40. The van der Waals surface area contributed by atoms with Gasteiger partial charge in [0.25, 0.3) is 0 Å². The minimum atomic E-state index is -0.675. The largest absolute Gasteiger partial charge is 0.465 e. The molecule has 0 aromatic heterocycles. The van der Waals surface area contributed by atoms with E-state index in [1.165, 1.54) is 13.2 Å². The third-order valence-corrected chi connectivity index (χ3v) is 2.88. The van der Waals surface area contributed by atoms with E-state index >= 15 is 0 Å². The van der Waals surface area contributed by atoms with Gasteiger partial charge >= 0.3 is 5.97 Å². The van der Waals surface area contributed by atoms with Crippen LogP contribution in [-0.4, -0.2) is 19.9 Å². The molecule has 92 valence electrons. The number of carbonyl (C=O) groups excluding carboxylic acids is 1. The van der Waals surface area contributed by atoms with Gasteiger partial charge in [-0.3, -0.25) is 0 Å². The van der Waals surface area contributed by atoms with Gasteiger partial charge in [0.15, 0.2) is 11.5 Å². The van der Waals surface area contributed by atoms with Crippen LogP contribution in [0, 0.1) is 11.3 Å². The Kier molecular flexibility index (Phi) is 3.53. The molecular formula is C12H8BrNO4. The van der Waals surface area contributed by atoms with Gasteiger partial charge in [0.2, 0.25) is 6.79 Å². The summed E-state index contributed by atoms with van der Waals surface area (Å²) in [6, 6.07) is 5.21. The molecule has 18 heavy (non-hydrogen) atoms. The highest BCUT2D eigenvalue weighted by Gasteiger charge is 2.18. The van der Waals surface area contributed by atoms with Crippen LogP contribution in [0.5, 0.6) is 11.5 Å². The molecule has 1 aliphatic rings. The Bertz CT molecular complexity index is 574. The number of rotatable bonds is 2. The standard InChI is InChI=1S/C12H8BrNO4/c1-16-12(15)8(5-14)2-7-3-9(13)11-10(4-7)17-6-18-11/h2-4H,6H2,1H3/b8-2+. The summed E-state index contributed by atoms with van der Waals surface area (Å²) in [5.74, 6) is 0.507. The molecule has 2 rings (SSSR count). The SMILES string of the molecule is COC(=O)/C(C#N)=C/c1cc(Br)c2c(c1)OCO2. The molecule has 1 aliphatic heterocycles. The minimum Gasteiger partial charge on any atom is -0.465 e. The molecule has 1 heterocycles. The first-order valence-corrected chi connectivity index (χ1v) is 5.74. The van der Waals surface area contributed by atoms with E-state index in [2.05, 4.69) is 20.7 Å². The maximum Gasteiger partial charge on any atom is 0.348 e. The second kappa shape index (κ2) is 5.10. The third-order valence-electron chi connectivity index (χ3n) is 2.29. The van der Waals surface area contributed by atoms with Crippen molar-refractivity contribution in [3.05, 3.63) is 27.7 Å². The number of nitrogens with zero attached hydrogens (tertiary/aromatic N) is 1. The Hall–Kier alpha value is -2.00. The van der Waals surface area contributed by atoms with E-state index in [-0.39, 0.29) is 12.4 Å². The van der Waals surface area contributed by atoms with Gasteiger partial charge in [0.05, 0.1) is 11.6 Å². The van der Waals surface area contributed by atoms with Gasteiger partial charge in [-0.15, -0.1) is 0 Å². The van der Waals surface area contributed by atoms with Crippen LogP contribution >= 0.6 is 15.9 Å². The topological polar surface area (TPSA) is 68.6 Å². The van der Waals surface area contributed by atoms with Crippen molar-refractivity contribution < 1.29 is 19.0 Å². The number of hydrogen-bond donors (Lipinski definition) is 0. The zero-order valence-corrected chi connectivity index (χ0v) is 11.0. The molecule has 1 aromatic rings. The fraction of sp³-hybridized carbons (Fsp3) is 0.167. The number of halogens is 1. The molecule has 0 unspecified atom stereocenters. The van der Waals surface area contributed by atoms with Crippen molar-refractivity contribution in [2.45, 2.75) is 0 Å². The van der Waals surface area contributed by atoms with E-state index in [9.17, 15) is 4.79 Å². The lowest BCUT2D eigenvalue weighted by molar-refractivity contribution is -0.135. The Morgan fingerprint density at radius 3 is 3.00 bits per heavy atom. The fourth-order valence-corrected chi connectivity index (χ4v) is 2.06. The van der Waals surface area contributed by atoms with Gasteiger partial charge in [-0.25, -0.2) is 4.79 Å². The molecule has 0 spiro atoms. The van der Waals surface area contributed by atoms with Crippen molar-refractivity contribution in [1.29, 1.82) is 5.26 Å². The number of nitriles is 1. The monoisotopic (exact) mass is 309 g/mol. The molecule has 0 N–H and O–H groups in total. The minimum absolute atomic E-state index is 0.0803. The summed E-state index contributed by atoms with van der Waals surface area (Å²) >= 11 is 3.33. The smallest absolute Gasteiger partial charge is 0.348 e. The molecule has 5 nitrogen and oxygen atoms in total. The Balaban J connectivity index is 2.41. The Labute approximate surface area is 112 Å². The molecule has 0 saturated carbocycles. The molecule has 0 amide bonds. The number of carbonyl (C=O) groups is 1. The summed E-state index contributed by atoms with van der Waals surface area (Å²) in [7, 11) is 1.23. The average molecular weight is 310 g/mol. The van der Waals surface area contributed by atoms with Crippen LogP contribution in [0.1, 0.15) is 5.56 Å². The second-order valence-corrected chi connectivity index (χ2v) is 4.25. The van der Waals surface area contributed by atoms with Gasteiger partial charge < -0.3 is 14.2 Å². The van der Waals surface area contributed by atoms with Crippen molar-refractivity contribution in [3.8, 4) is 17.6 Å². The number of hydrogen-bond acceptors (Lipinski definition) is 5. The van der Waals surface area contributed by atoms with Crippen LogP contribution in [0.4, 0.5) is 0 Å². The van der Waals surface area contributed by atoms with Crippen molar-refractivity contribution in [1.82, 2.24) is 0 Å². The Morgan fingerprint density at radius 1 is 1.56 bits per heavy atom. The zero-order chi connectivity index (χ0) is 13.1. The highest BCUT2D eigenvalue weighted by molar-refractivity contribution is 9.10. The summed E-state index contributed by atoms with van der Waals surface area (Å²) in [5.41, 5.74) is 0.566. The van der Waals surface area contributed by atoms with Crippen LogP contribution in [0.15, 0.2) is 22.2 Å². The van der Waals surface area contributed by atoms with Crippen molar-refractivity contribution in [2.24, 2.45) is 0 Å². The first-order valence-electron chi connectivity index (χ1n) is 4.95. The predicted molar refractivity (Wildman–Crippen MR) is 65.9 cm³/mol. The normalized spacial score (nSPS) is 13.1. The number of esters is 1. The van der Waals surface area contributed by atoms with Gasteiger partial charge in [-0.05, 0) is 39.7 Å². The molecule has 0 bridgehead atoms. The van der Waals surface area contributed by atoms with E-state index in [4.69, 9.17) is 14.7 Å². The lowest BCUT2D eigenvalue weighted by Gasteiger charge is -2.02. The Morgan fingerprint density at radius 2 is 2.33 bits per heavy atom. The quantitative estimate of drug-likeness (QED) is 0.476. The molecule has 0 radical (unpaired) electrons. The van der Waals surface area contributed by atoms with Crippen molar-refractivity contribution >= 4 is 28.0 Å². The summed E-state index contributed by atoms with van der Waals surface area (Å²) in [4.78, 5) is 11.3. The van der Waals surface area contributed by atoms with Crippen LogP contribution in [0.3, 0.4) is 0 Å². The predicted octanol–water partition coefficient (Wildman–Crippen LogP) is 2.26. The summed E-state index contributed by atoms with van der Waals surface area (Å²) in [6.07, 6.45) is 1.43. The van der Waals surface area contributed by atoms with Gasteiger partial charge in [0.1, 0.15) is 11.6 Å². The van der Waals surface area contributed by atoms with Crippen molar-refractivity contribution in [2.75, 3.05) is 13.9 Å². The first-order chi connectivity index (χ1) is 8.65. The molecular weight excluding hydrogens is 302 g/mol. The average Bonchev–Trinajstić information content (AvgIpc) is 2.83. The molecule has 0 atom stereocenters. The first kappa shape index (κ1) is 12.5. The van der Waals surface area contributed by atoms with Crippen molar-refractivity contribution in [3.63, 3.8) is 0 Å². The lowest BCUT2D eigenvalue weighted by atomic mass is 10.1. The van der Waals surface area contributed by atoms with Crippen LogP contribution in [0.25, 0.3) is 6.08 Å². The summed E-state index contributed by atoms with van der Waals surface area (Å²) in [6.45, 7) is 0.156. The summed E-state index contributed by atoms with van der Waals surface area (Å²) in [5, 5.41) is 8.86. The van der Waals surface area contributed by atoms with Gasteiger partial charge in [0, 0.05) is 0 Å². The van der Waals surface area contributed by atoms with E-state index in [1.54, 1.807) is 18.2 Å². The second-order valence-electron chi connectivity index (χ2n) is 3.40. The number of ether oxygens (including phenoxy) is 3. The molecule has 6 heteroatoms. The zero-order valence-electron chi connectivity index (χ0n) is 9.40. The van der Waals surface area contributed by atoms with E-state index in [1.807, 2.05) is 0 Å². The molecule has 0 saturated heterocycles. The number of benzene rings is 1. The molecule has 0 aliphatic carbocycles. The third kappa shape index (κ3) is 2.31.